The van der Waals surface area contributed by atoms with Gasteiger partial charge in [-0.3, -0.25) is 0 Å². The van der Waals surface area contributed by atoms with E-state index in [0.717, 1.165) is 12.8 Å². The molecule has 0 aliphatic heterocycles. The number of ether oxygens (including phenoxy) is 1. The maximum absolute atomic E-state index is 11.5. The number of nitrogens with two attached hydrogens (primary N) is 1. The summed E-state index contributed by atoms with van der Waals surface area (Å²) >= 11 is 0. The number of hydrogen-bond acceptors (Lipinski definition) is 3. The maximum atomic E-state index is 11.5. The van der Waals surface area contributed by atoms with Crippen molar-refractivity contribution in [3.05, 3.63) is 0 Å². The molecule has 4 heteroatoms. The lowest BCUT2D eigenvalue weighted by molar-refractivity contribution is 0.0469. The lowest BCUT2D eigenvalue weighted by Crippen LogP contribution is -2.48. The van der Waals surface area contributed by atoms with Crippen molar-refractivity contribution in [2.75, 3.05) is 6.54 Å². The smallest absolute Gasteiger partial charge is 0.407 e. The molecule has 0 spiro atoms. The summed E-state index contributed by atoms with van der Waals surface area (Å²) in [7, 11) is 0. The van der Waals surface area contributed by atoms with Crippen molar-refractivity contribution in [3.8, 4) is 0 Å². The third-order valence-electron chi connectivity index (χ3n) is 2.67. The van der Waals surface area contributed by atoms with E-state index in [1.807, 2.05) is 20.8 Å². The standard InChI is InChI=1S/C11H22N2O2/c1-11(2,3)15-10(14)13-9(7-12)8-5-4-6-8/h8-9H,4-7,12H2,1-3H3,(H,13,14)/t9-/m0/s1. The van der Waals surface area contributed by atoms with E-state index in [-0.39, 0.29) is 12.1 Å². The van der Waals surface area contributed by atoms with Gasteiger partial charge in [-0.15, -0.1) is 0 Å². The van der Waals surface area contributed by atoms with Crippen molar-refractivity contribution >= 4 is 6.09 Å². The fraction of sp³-hybridized carbons (Fsp3) is 0.909. The minimum atomic E-state index is -0.442. The zero-order valence-corrected chi connectivity index (χ0v) is 9.88. The van der Waals surface area contributed by atoms with Crippen LogP contribution in [-0.4, -0.2) is 24.3 Å². The number of rotatable bonds is 3. The predicted octanol–water partition coefficient (Wildman–Crippen LogP) is 1.64. The molecular formula is C11H22N2O2. The number of hydrogen-bond donors (Lipinski definition) is 2. The van der Waals surface area contributed by atoms with Crippen molar-refractivity contribution in [1.29, 1.82) is 0 Å². The minimum Gasteiger partial charge on any atom is -0.444 e. The zero-order valence-electron chi connectivity index (χ0n) is 9.88. The fourth-order valence-electron chi connectivity index (χ4n) is 1.67. The normalized spacial score (nSPS) is 19.2. The number of alkyl carbamates (subject to hydrolysis) is 1. The van der Waals surface area contributed by atoms with E-state index in [9.17, 15) is 4.79 Å². The monoisotopic (exact) mass is 214 g/mol. The number of carbonyl (C=O) groups excluding carboxylic acids is 1. The molecule has 0 saturated heterocycles. The Morgan fingerprint density at radius 2 is 2.13 bits per heavy atom. The molecule has 1 rings (SSSR count). The summed E-state index contributed by atoms with van der Waals surface area (Å²) < 4.78 is 5.18. The van der Waals surface area contributed by atoms with Crippen LogP contribution in [0.2, 0.25) is 0 Å². The lowest BCUT2D eigenvalue weighted by atomic mass is 9.80. The highest BCUT2D eigenvalue weighted by molar-refractivity contribution is 5.68. The van der Waals surface area contributed by atoms with Gasteiger partial charge in [0.25, 0.3) is 0 Å². The minimum absolute atomic E-state index is 0.0774. The Hall–Kier alpha value is -0.770. The van der Waals surface area contributed by atoms with Gasteiger partial charge >= 0.3 is 6.09 Å². The van der Waals surface area contributed by atoms with Gasteiger partial charge in [0.2, 0.25) is 0 Å². The van der Waals surface area contributed by atoms with Crippen LogP contribution in [0.25, 0.3) is 0 Å². The Morgan fingerprint density at radius 3 is 2.47 bits per heavy atom. The first-order valence-electron chi connectivity index (χ1n) is 5.62. The van der Waals surface area contributed by atoms with Gasteiger partial charge in [-0.25, -0.2) is 4.79 Å². The summed E-state index contributed by atoms with van der Waals surface area (Å²) in [4.78, 5) is 11.5. The summed E-state index contributed by atoms with van der Waals surface area (Å²) in [6, 6.07) is 0.0774. The van der Waals surface area contributed by atoms with Crippen LogP contribution in [-0.2, 0) is 4.74 Å². The van der Waals surface area contributed by atoms with E-state index in [0.29, 0.717) is 12.5 Å². The van der Waals surface area contributed by atoms with Crippen LogP contribution in [0, 0.1) is 5.92 Å². The van der Waals surface area contributed by atoms with Gasteiger partial charge in [0, 0.05) is 12.6 Å². The highest BCUT2D eigenvalue weighted by Crippen LogP contribution is 2.29. The van der Waals surface area contributed by atoms with Gasteiger partial charge in [0.05, 0.1) is 0 Å². The van der Waals surface area contributed by atoms with Gasteiger partial charge in [-0.2, -0.15) is 0 Å². The average molecular weight is 214 g/mol. The highest BCUT2D eigenvalue weighted by atomic mass is 16.6. The van der Waals surface area contributed by atoms with Crippen molar-refractivity contribution in [1.82, 2.24) is 5.32 Å². The first-order valence-corrected chi connectivity index (χ1v) is 5.62. The summed E-state index contributed by atoms with van der Waals surface area (Å²) in [5.41, 5.74) is 5.18. The molecule has 88 valence electrons. The van der Waals surface area contributed by atoms with E-state index in [1.54, 1.807) is 0 Å². The summed E-state index contributed by atoms with van der Waals surface area (Å²) in [6.07, 6.45) is 3.22. The molecule has 1 saturated carbocycles. The molecule has 1 atom stereocenters. The van der Waals surface area contributed by atoms with E-state index >= 15 is 0 Å². The average Bonchev–Trinajstić information content (AvgIpc) is 1.95. The second kappa shape index (κ2) is 4.84. The van der Waals surface area contributed by atoms with Crippen molar-refractivity contribution in [2.45, 2.75) is 51.7 Å². The highest BCUT2D eigenvalue weighted by Gasteiger charge is 2.28. The Balaban J connectivity index is 2.34. The number of amides is 1. The van der Waals surface area contributed by atoms with Crippen LogP contribution in [0.4, 0.5) is 4.79 Å². The Bertz CT molecular complexity index is 219. The molecule has 15 heavy (non-hydrogen) atoms. The van der Waals surface area contributed by atoms with Gasteiger partial charge in [0.15, 0.2) is 0 Å². The molecule has 0 aromatic rings. The van der Waals surface area contributed by atoms with Crippen molar-refractivity contribution in [2.24, 2.45) is 11.7 Å². The van der Waals surface area contributed by atoms with E-state index < -0.39 is 5.60 Å². The van der Waals surface area contributed by atoms with Crippen LogP contribution in [0.15, 0.2) is 0 Å². The lowest BCUT2D eigenvalue weighted by Gasteiger charge is -2.34. The summed E-state index contributed by atoms with van der Waals surface area (Å²) in [6.45, 7) is 6.05. The number of nitrogens with one attached hydrogen (secondary N) is 1. The topological polar surface area (TPSA) is 64.3 Å². The molecule has 0 heterocycles. The molecule has 0 bridgehead atoms. The molecular weight excluding hydrogens is 192 g/mol. The van der Waals surface area contributed by atoms with Crippen LogP contribution in [0.3, 0.4) is 0 Å². The van der Waals surface area contributed by atoms with E-state index in [1.165, 1.54) is 6.42 Å². The Kier molecular flexibility index (Phi) is 3.97. The molecule has 1 aliphatic rings. The van der Waals surface area contributed by atoms with E-state index in [2.05, 4.69) is 5.32 Å². The van der Waals surface area contributed by atoms with Gasteiger partial charge < -0.3 is 15.8 Å². The van der Waals surface area contributed by atoms with Gasteiger partial charge in [0.1, 0.15) is 5.60 Å². The first kappa shape index (κ1) is 12.3. The van der Waals surface area contributed by atoms with Crippen LogP contribution >= 0.6 is 0 Å². The van der Waals surface area contributed by atoms with Crippen LogP contribution in [0.5, 0.6) is 0 Å². The zero-order chi connectivity index (χ0) is 11.5. The second-order valence-electron chi connectivity index (χ2n) is 5.18. The SMILES string of the molecule is CC(C)(C)OC(=O)N[C@@H](CN)C1CCC1. The predicted molar refractivity (Wildman–Crippen MR) is 59.6 cm³/mol. The van der Waals surface area contributed by atoms with Crippen LogP contribution < -0.4 is 11.1 Å². The maximum Gasteiger partial charge on any atom is 0.407 e. The van der Waals surface area contributed by atoms with Crippen LogP contribution in [0.1, 0.15) is 40.0 Å². The Labute approximate surface area is 91.5 Å². The summed E-state index contributed by atoms with van der Waals surface area (Å²) in [5, 5.41) is 2.84. The fourth-order valence-corrected chi connectivity index (χ4v) is 1.67. The number of carbonyl (C=O) groups is 1. The molecule has 1 fully saturated rings. The van der Waals surface area contributed by atoms with Crippen molar-refractivity contribution < 1.29 is 9.53 Å². The molecule has 0 aromatic heterocycles. The van der Waals surface area contributed by atoms with Gasteiger partial charge in [-0.05, 0) is 39.5 Å². The van der Waals surface area contributed by atoms with Gasteiger partial charge in [-0.1, -0.05) is 6.42 Å². The third kappa shape index (κ3) is 4.08. The quantitative estimate of drug-likeness (QED) is 0.750. The molecule has 3 N–H and O–H groups in total. The Morgan fingerprint density at radius 1 is 1.53 bits per heavy atom. The molecule has 4 nitrogen and oxygen atoms in total. The first-order chi connectivity index (χ1) is 6.92. The molecule has 0 aromatic carbocycles. The molecule has 1 amide bonds. The van der Waals surface area contributed by atoms with Crippen molar-refractivity contribution in [3.63, 3.8) is 0 Å². The molecule has 0 unspecified atom stereocenters. The largest absolute Gasteiger partial charge is 0.444 e. The third-order valence-corrected chi connectivity index (χ3v) is 2.67. The molecule has 0 radical (unpaired) electrons. The molecule has 1 aliphatic carbocycles. The summed E-state index contributed by atoms with van der Waals surface area (Å²) in [5.74, 6) is 0.544. The van der Waals surface area contributed by atoms with E-state index in [4.69, 9.17) is 10.5 Å². The second-order valence-corrected chi connectivity index (χ2v) is 5.18.